The Bertz CT molecular complexity index is 1420. The topological polar surface area (TPSA) is 185 Å². The third kappa shape index (κ3) is 6.41. The number of halogens is 2. The minimum absolute atomic E-state index is 0.0216. The van der Waals surface area contributed by atoms with Gasteiger partial charge in [-0.15, -0.1) is 0 Å². The first-order valence-electron chi connectivity index (χ1n) is 12.6. The number of carbonyl (C=O) groups excluding carboxylic acids is 1. The SMILES string of the molecule is CNc1nc(N)nc2c1ncn2[C@@H]1O[C@H](COP(=O)(N[C@H](C)C(=O)OC(C)C)Oc2ccccc2)[C@@H](O)[C@]1(F)CF. The van der Waals surface area contributed by atoms with Gasteiger partial charge in [-0.2, -0.15) is 15.1 Å². The molecular weight excluding hydrogens is 567 g/mol. The standard InChI is InChI=1S/C24H32F2N7O7P/c1-13(2)38-21(35)14(3)32-41(36,40-15-8-6-5-7-9-15)37-10-16-18(34)24(26,11-25)22(39-16)33-12-29-17-19(28-4)30-23(27)31-20(17)33/h5-9,12-14,16,18,22,34H,10-11H2,1-4H3,(H,32,36)(H3,27,28,30,31)/t14-,16-,18-,22-,24-,41?/m1/s1. The van der Waals surface area contributed by atoms with Gasteiger partial charge in [-0.05, 0) is 32.9 Å². The molecule has 2 aromatic heterocycles. The van der Waals surface area contributed by atoms with Crippen LogP contribution in [-0.4, -0.2) is 80.9 Å². The van der Waals surface area contributed by atoms with Gasteiger partial charge in [-0.1, -0.05) is 18.2 Å². The number of hydrogen-bond donors (Lipinski definition) is 4. The predicted molar refractivity (Wildman–Crippen MR) is 143 cm³/mol. The number of nitrogen functional groups attached to an aromatic ring is 1. The molecule has 4 rings (SSSR count). The molecule has 1 saturated heterocycles. The van der Waals surface area contributed by atoms with Gasteiger partial charge in [0.15, 0.2) is 23.2 Å². The van der Waals surface area contributed by atoms with Crippen LogP contribution in [0.5, 0.6) is 5.75 Å². The van der Waals surface area contributed by atoms with Crippen LogP contribution in [0, 0.1) is 0 Å². The maximum atomic E-state index is 16.0. The van der Waals surface area contributed by atoms with Crippen LogP contribution in [0.1, 0.15) is 27.0 Å². The van der Waals surface area contributed by atoms with E-state index in [0.717, 1.165) is 10.9 Å². The first-order chi connectivity index (χ1) is 19.4. The monoisotopic (exact) mass is 599 g/mol. The number of aliphatic hydroxyl groups excluding tert-OH is 1. The zero-order chi connectivity index (χ0) is 29.9. The molecule has 224 valence electrons. The van der Waals surface area contributed by atoms with Crippen LogP contribution < -0.4 is 20.7 Å². The summed E-state index contributed by atoms with van der Waals surface area (Å²) in [5.41, 5.74) is 3.01. The quantitative estimate of drug-likeness (QED) is 0.176. The van der Waals surface area contributed by atoms with Crippen molar-refractivity contribution in [2.24, 2.45) is 0 Å². The predicted octanol–water partition coefficient (Wildman–Crippen LogP) is 2.52. The van der Waals surface area contributed by atoms with E-state index in [4.69, 9.17) is 24.3 Å². The second kappa shape index (κ2) is 12.2. The fourth-order valence-electron chi connectivity index (χ4n) is 4.17. The van der Waals surface area contributed by atoms with Gasteiger partial charge in [0.25, 0.3) is 0 Å². The number of ether oxygens (including phenoxy) is 2. The molecule has 3 heterocycles. The van der Waals surface area contributed by atoms with Crippen LogP contribution in [0.15, 0.2) is 36.7 Å². The fourth-order valence-corrected chi connectivity index (χ4v) is 5.67. The third-order valence-electron chi connectivity index (χ3n) is 6.13. The Balaban J connectivity index is 1.59. The Morgan fingerprint density at radius 3 is 2.63 bits per heavy atom. The van der Waals surface area contributed by atoms with Gasteiger partial charge in [0.2, 0.25) is 11.6 Å². The zero-order valence-electron chi connectivity index (χ0n) is 22.7. The highest BCUT2D eigenvalue weighted by Gasteiger charge is 2.59. The minimum Gasteiger partial charge on any atom is -0.462 e. The number of hydrogen-bond acceptors (Lipinski definition) is 12. The van der Waals surface area contributed by atoms with Crippen molar-refractivity contribution in [1.29, 1.82) is 0 Å². The molecule has 17 heteroatoms. The average Bonchev–Trinajstić information content (AvgIpc) is 3.45. The third-order valence-corrected chi connectivity index (χ3v) is 7.77. The average molecular weight is 600 g/mol. The number of nitrogens with one attached hydrogen (secondary N) is 2. The van der Waals surface area contributed by atoms with E-state index in [2.05, 4.69) is 25.4 Å². The van der Waals surface area contributed by atoms with E-state index in [-0.39, 0.29) is 28.7 Å². The number of fused-ring (bicyclic) bond motifs is 1. The second-order valence-electron chi connectivity index (χ2n) is 9.57. The van der Waals surface area contributed by atoms with Gasteiger partial charge in [-0.25, -0.2) is 18.3 Å². The molecule has 3 aromatic rings. The van der Waals surface area contributed by atoms with E-state index in [0.29, 0.717) is 0 Å². The fraction of sp³-hybridized carbons (Fsp3) is 0.500. The number of imidazole rings is 1. The van der Waals surface area contributed by atoms with E-state index in [1.807, 2.05) is 0 Å². The van der Waals surface area contributed by atoms with E-state index in [1.165, 1.54) is 19.1 Å². The number of esters is 1. The summed E-state index contributed by atoms with van der Waals surface area (Å²) in [6, 6.07) is 6.79. The summed E-state index contributed by atoms with van der Waals surface area (Å²) in [7, 11) is -2.82. The van der Waals surface area contributed by atoms with Gasteiger partial charge < -0.3 is 30.2 Å². The number of aromatic nitrogens is 4. The number of nitrogens with zero attached hydrogens (tertiary/aromatic N) is 4. The molecule has 1 aliphatic rings. The van der Waals surface area contributed by atoms with Crippen molar-refractivity contribution in [3.63, 3.8) is 0 Å². The Labute approximate surface area is 234 Å². The number of aliphatic hydroxyl groups is 1. The van der Waals surface area contributed by atoms with Crippen molar-refractivity contribution in [2.45, 2.75) is 57.0 Å². The molecular formula is C24H32F2N7O7P. The molecule has 0 amide bonds. The molecule has 0 saturated carbocycles. The molecule has 6 atom stereocenters. The molecule has 41 heavy (non-hydrogen) atoms. The van der Waals surface area contributed by atoms with Crippen LogP contribution in [0.2, 0.25) is 0 Å². The molecule has 14 nitrogen and oxygen atoms in total. The molecule has 1 aliphatic heterocycles. The molecule has 1 unspecified atom stereocenters. The molecule has 5 N–H and O–H groups in total. The number of anilines is 2. The Hall–Kier alpha value is -3.43. The zero-order valence-corrected chi connectivity index (χ0v) is 23.6. The molecule has 0 spiro atoms. The van der Waals surface area contributed by atoms with Crippen LogP contribution in [0.4, 0.5) is 20.5 Å². The maximum Gasteiger partial charge on any atom is 0.459 e. The van der Waals surface area contributed by atoms with Gasteiger partial charge in [0.1, 0.15) is 30.7 Å². The second-order valence-corrected chi connectivity index (χ2v) is 11.3. The summed E-state index contributed by atoms with van der Waals surface area (Å²) >= 11 is 0. The highest BCUT2D eigenvalue weighted by atomic mass is 31.2. The normalized spacial score (nSPS) is 24.7. The molecule has 0 bridgehead atoms. The van der Waals surface area contributed by atoms with Crippen LogP contribution in [-0.2, 0) is 23.4 Å². The summed E-state index contributed by atoms with van der Waals surface area (Å²) in [5.74, 6) is -0.525. The van der Waals surface area contributed by atoms with Crippen LogP contribution >= 0.6 is 7.75 Å². The van der Waals surface area contributed by atoms with Crippen LogP contribution in [0.25, 0.3) is 11.2 Å². The van der Waals surface area contributed by atoms with Crippen LogP contribution in [0.3, 0.4) is 0 Å². The van der Waals surface area contributed by atoms with E-state index >= 15 is 4.39 Å². The first-order valence-corrected chi connectivity index (χ1v) is 14.2. The lowest BCUT2D eigenvalue weighted by Crippen LogP contribution is -2.45. The highest BCUT2D eigenvalue weighted by Crippen LogP contribution is 2.48. The lowest BCUT2D eigenvalue weighted by Gasteiger charge is -2.26. The number of para-hydroxylation sites is 1. The van der Waals surface area contributed by atoms with Crippen molar-refractivity contribution < 1.29 is 41.8 Å². The highest BCUT2D eigenvalue weighted by molar-refractivity contribution is 7.52. The van der Waals surface area contributed by atoms with Crippen molar-refractivity contribution in [2.75, 3.05) is 31.4 Å². The molecule has 0 radical (unpaired) electrons. The first kappa shape index (κ1) is 30.5. The van der Waals surface area contributed by atoms with Gasteiger partial charge in [0, 0.05) is 7.05 Å². The van der Waals surface area contributed by atoms with Crippen molar-refractivity contribution in [3.05, 3.63) is 36.7 Å². The number of alkyl halides is 2. The van der Waals surface area contributed by atoms with Gasteiger partial charge in [-0.3, -0.25) is 13.9 Å². The molecule has 1 aromatic carbocycles. The Kier molecular flexibility index (Phi) is 9.09. The van der Waals surface area contributed by atoms with Gasteiger partial charge >= 0.3 is 13.7 Å². The summed E-state index contributed by atoms with van der Waals surface area (Å²) in [5, 5.41) is 16.1. The minimum atomic E-state index is -4.38. The summed E-state index contributed by atoms with van der Waals surface area (Å²) in [6.45, 7) is 2.31. The van der Waals surface area contributed by atoms with Crippen molar-refractivity contribution in [3.8, 4) is 5.75 Å². The van der Waals surface area contributed by atoms with E-state index in [1.54, 1.807) is 39.1 Å². The number of rotatable bonds is 12. The Morgan fingerprint density at radius 2 is 2.00 bits per heavy atom. The van der Waals surface area contributed by atoms with Gasteiger partial charge in [0.05, 0.1) is 19.0 Å². The number of nitrogens with two attached hydrogens (primary N) is 1. The number of benzene rings is 1. The van der Waals surface area contributed by atoms with Crippen molar-refractivity contribution >= 4 is 36.6 Å². The smallest absolute Gasteiger partial charge is 0.459 e. The summed E-state index contributed by atoms with van der Waals surface area (Å²) in [6.07, 6.45) is -4.66. The summed E-state index contributed by atoms with van der Waals surface area (Å²) in [4.78, 5) is 24.6. The lowest BCUT2D eigenvalue weighted by molar-refractivity contribution is -0.149. The Morgan fingerprint density at radius 1 is 1.29 bits per heavy atom. The number of carbonyl (C=O) groups is 1. The summed E-state index contributed by atoms with van der Waals surface area (Å²) < 4.78 is 67.0. The molecule has 1 fully saturated rings. The van der Waals surface area contributed by atoms with E-state index < -0.39 is 63.2 Å². The van der Waals surface area contributed by atoms with E-state index in [9.17, 15) is 18.9 Å². The molecule has 0 aliphatic carbocycles. The maximum absolute atomic E-state index is 16.0. The largest absolute Gasteiger partial charge is 0.462 e. The lowest BCUT2D eigenvalue weighted by atomic mass is 9.97. The van der Waals surface area contributed by atoms with Crippen molar-refractivity contribution in [1.82, 2.24) is 24.6 Å².